The molecule has 182 valence electrons. The van der Waals surface area contributed by atoms with Crippen LogP contribution in [0.5, 0.6) is 0 Å². The molecule has 0 radical (unpaired) electrons. The van der Waals surface area contributed by atoms with Crippen molar-refractivity contribution in [2.75, 3.05) is 25.1 Å². The first kappa shape index (κ1) is 23.2. The predicted octanol–water partition coefficient (Wildman–Crippen LogP) is 4.52. The smallest absolute Gasteiger partial charge is 0.229 e. The van der Waals surface area contributed by atoms with Gasteiger partial charge in [0.1, 0.15) is 17.9 Å². The van der Waals surface area contributed by atoms with Crippen LogP contribution in [0, 0.1) is 18.8 Å². The Morgan fingerprint density at radius 3 is 2.81 bits per heavy atom. The second kappa shape index (κ2) is 9.26. The third-order valence-corrected chi connectivity index (χ3v) is 6.24. The van der Waals surface area contributed by atoms with E-state index < -0.39 is 0 Å². The fourth-order valence-electron chi connectivity index (χ4n) is 4.23. The Balaban J connectivity index is 1.37. The summed E-state index contributed by atoms with van der Waals surface area (Å²) in [5.41, 5.74) is 10.7. The number of fused-ring (bicyclic) bond motifs is 1. The number of oxazole rings is 1. The first-order valence-corrected chi connectivity index (χ1v) is 11.6. The highest BCUT2D eigenvalue weighted by Crippen LogP contribution is 2.43. The molecule has 0 saturated heterocycles. The van der Waals surface area contributed by atoms with Crippen molar-refractivity contribution in [3.8, 4) is 22.7 Å². The number of carbonyl (C=O) groups is 1. The third kappa shape index (κ3) is 4.68. The average molecular weight is 482 g/mol. The van der Waals surface area contributed by atoms with Gasteiger partial charge in [0, 0.05) is 48.9 Å². The zero-order chi connectivity index (χ0) is 25.4. The van der Waals surface area contributed by atoms with Gasteiger partial charge in [-0.2, -0.15) is 5.10 Å². The number of benzene rings is 1. The van der Waals surface area contributed by atoms with Crippen LogP contribution >= 0.6 is 0 Å². The van der Waals surface area contributed by atoms with Crippen molar-refractivity contribution in [1.29, 1.82) is 0 Å². The van der Waals surface area contributed by atoms with Crippen LogP contribution in [-0.2, 0) is 4.79 Å². The normalized spacial score (nSPS) is 16.9. The minimum atomic E-state index is -0.133. The first-order chi connectivity index (χ1) is 17.3. The SMILES string of the molecule is C=C(/C=N\N(C)C)[C@@H]1C[C@H]1C(=O)Nc1cc2cc(-c3ccc(-c4ncco4)cc3C)nc(N)c2cn1. The molecule has 4 aromatic rings. The molecule has 5 rings (SSSR count). The van der Waals surface area contributed by atoms with E-state index in [0.717, 1.165) is 45.2 Å². The minimum Gasteiger partial charge on any atom is -0.445 e. The molecule has 9 heteroatoms. The molecule has 1 saturated carbocycles. The number of pyridine rings is 2. The molecule has 3 heterocycles. The average Bonchev–Trinajstić information content (AvgIpc) is 3.47. The summed E-state index contributed by atoms with van der Waals surface area (Å²) in [6, 6.07) is 9.70. The van der Waals surface area contributed by atoms with Gasteiger partial charge < -0.3 is 20.5 Å². The highest BCUT2D eigenvalue weighted by molar-refractivity contribution is 5.99. The number of nitrogens with one attached hydrogen (secondary N) is 1. The first-order valence-electron chi connectivity index (χ1n) is 11.6. The highest BCUT2D eigenvalue weighted by Gasteiger charge is 2.44. The number of hydrogen-bond acceptors (Lipinski definition) is 8. The number of amides is 1. The van der Waals surface area contributed by atoms with Gasteiger partial charge in [-0.15, -0.1) is 0 Å². The quantitative estimate of drug-likeness (QED) is 0.294. The molecule has 0 spiro atoms. The van der Waals surface area contributed by atoms with Gasteiger partial charge in [-0.25, -0.2) is 15.0 Å². The lowest BCUT2D eigenvalue weighted by Crippen LogP contribution is -2.16. The topological polar surface area (TPSA) is 123 Å². The number of aryl methyl sites for hydroxylation is 1. The van der Waals surface area contributed by atoms with Gasteiger partial charge in [-0.05, 0) is 60.1 Å². The van der Waals surface area contributed by atoms with Gasteiger partial charge >= 0.3 is 0 Å². The molecule has 3 N–H and O–H groups in total. The van der Waals surface area contributed by atoms with Crippen LogP contribution < -0.4 is 11.1 Å². The van der Waals surface area contributed by atoms with Gasteiger partial charge in [0.25, 0.3) is 0 Å². The van der Waals surface area contributed by atoms with Crippen molar-refractivity contribution in [3.63, 3.8) is 0 Å². The van der Waals surface area contributed by atoms with Crippen LogP contribution in [0.1, 0.15) is 12.0 Å². The lowest BCUT2D eigenvalue weighted by atomic mass is 10.0. The van der Waals surface area contributed by atoms with Crippen molar-refractivity contribution in [3.05, 3.63) is 66.7 Å². The molecule has 3 aromatic heterocycles. The van der Waals surface area contributed by atoms with Crippen LogP contribution in [0.25, 0.3) is 33.5 Å². The summed E-state index contributed by atoms with van der Waals surface area (Å²) in [5.74, 6) is 1.30. The number of nitrogens with two attached hydrogens (primary N) is 1. The molecule has 0 bridgehead atoms. The van der Waals surface area contributed by atoms with Gasteiger partial charge in [-0.3, -0.25) is 4.79 Å². The van der Waals surface area contributed by atoms with E-state index in [1.165, 1.54) is 0 Å². The minimum absolute atomic E-state index is 0.0773. The maximum atomic E-state index is 12.8. The molecule has 0 aliphatic heterocycles. The van der Waals surface area contributed by atoms with E-state index in [2.05, 4.69) is 31.9 Å². The number of nitrogens with zero attached hydrogens (tertiary/aromatic N) is 5. The summed E-state index contributed by atoms with van der Waals surface area (Å²) in [5, 5.41) is 10.4. The summed E-state index contributed by atoms with van der Waals surface area (Å²) in [7, 11) is 3.68. The second-order valence-electron chi connectivity index (χ2n) is 9.16. The lowest BCUT2D eigenvalue weighted by molar-refractivity contribution is -0.117. The number of allylic oxidation sites excluding steroid dienone is 1. The number of hydrogen-bond donors (Lipinski definition) is 2. The molecule has 0 unspecified atom stereocenters. The number of hydrazone groups is 1. The van der Waals surface area contributed by atoms with E-state index in [0.29, 0.717) is 17.5 Å². The molecule has 1 amide bonds. The van der Waals surface area contributed by atoms with Crippen molar-refractivity contribution >= 4 is 34.5 Å². The molecular formula is C27H27N7O2. The monoisotopic (exact) mass is 481 g/mol. The fraction of sp³-hybridized carbons (Fsp3) is 0.222. The van der Waals surface area contributed by atoms with Crippen molar-refractivity contribution < 1.29 is 9.21 Å². The predicted molar refractivity (Wildman–Crippen MR) is 141 cm³/mol. The molecule has 1 aliphatic carbocycles. The molecule has 1 fully saturated rings. The van der Waals surface area contributed by atoms with Gasteiger partial charge in [-0.1, -0.05) is 12.6 Å². The van der Waals surface area contributed by atoms with E-state index in [-0.39, 0.29) is 17.7 Å². The molecule has 1 aromatic carbocycles. The van der Waals surface area contributed by atoms with E-state index in [9.17, 15) is 4.79 Å². The van der Waals surface area contributed by atoms with E-state index in [1.807, 2.05) is 51.4 Å². The fourth-order valence-corrected chi connectivity index (χ4v) is 4.23. The van der Waals surface area contributed by atoms with E-state index >= 15 is 0 Å². The molecule has 9 nitrogen and oxygen atoms in total. The molecule has 1 aliphatic rings. The number of nitrogen functional groups attached to an aromatic ring is 1. The zero-order valence-electron chi connectivity index (χ0n) is 20.4. The maximum absolute atomic E-state index is 12.8. The summed E-state index contributed by atoms with van der Waals surface area (Å²) in [6.45, 7) is 6.05. The Morgan fingerprint density at radius 2 is 2.08 bits per heavy atom. The second-order valence-corrected chi connectivity index (χ2v) is 9.16. The Bertz CT molecular complexity index is 1490. The summed E-state index contributed by atoms with van der Waals surface area (Å²) >= 11 is 0. The van der Waals surface area contributed by atoms with Crippen LogP contribution in [0.2, 0.25) is 0 Å². The Kier molecular flexibility index (Phi) is 5.97. The maximum Gasteiger partial charge on any atom is 0.229 e. The van der Waals surface area contributed by atoms with Gasteiger partial charge in [0.05, 0.1) is 11.9 Å². The van der Waals surface area contributed by atoms with Crippen LogP contribution in [0.4, 0.5) is 11.6 Å². The zero-order valence-corrected chi connectivity index (χ0v) is 20.4. The summed E-state index contributed by atoms with van der Waals surface area (Å²) in [6.07, 6.45) is 7.27. The highest BCUT2D eigenvalue weighted by atomic mass is 16.3. The van der Waals surface area contributed by atoms with Crippen molar-refractivity contribution in [1.82, 2.24) is 20.0 Å². The van der Waals surface area contributed by atoms with Crippen LogP contribution in [0.15, 0.2) is 70.7 Å². The van der Waals surface area contributed by atoms with Gasteiger partial charge in [0.15, 0.2) is 0 Å². The third-order valence-electron chi connectivity index (χ3n) is 6.24. The van der Waals surface area contributed by atoms with Gasteiger partial charge in [0.2, 0.25) is 11.8 Å². The molecular weight excluding hydrogens is 454 g/mol. The largest absolute Gasteiger partial charge is 0.445 e. The summed E-state index contributed by atoms with van der Waals surface area (Å²) in [4.78, 5) is 26.0. The van der Waals surface area contributed by atoms with Crippen molar-refractivity contribution in [2.24, 2.45) is 16.9 Å². The Morgan fingerprint density at radius 1 is 1.25 bits per heavy atom. The number of rotatable bonds is 7. The number of anilines is 2. The number of aromatic nitrogens is 3. The standard InChI is InChI=1S/C27H27N7O2/c1-15-9-17(27-29-7-8-36-27)5-6-19(15)23-10-18-11-24(30-14-22(18)25(28)32-23)33-26(35)21-12-20(21)16(2)13-31-34(3)4/h5-11,13-14,20-21H,2,12H2,1,3-4H3,(H2,28,32)(H,30,33,35)/b31-13-/t20-,21+/m0/s1. The number of carbonyl (C=O) groups excluding carboxylic acids is 1. The van der Waals surface area contributed by atoms with Crippen LogP contribution in [0.3, 0.4) is 0 Å². The Hall–Kier alpha value is -4.53. The summed E-state index contributed by atoms with van der Waals surface area (Å²) < 4.78 is 5.40. The van der Waals surface area contributed by atoms with Crippen molar-refractivity contribution in [2.45, 2.75) is 13.3 Å². The lowest BCUT2D eigenvalue weighted by Gasteiger charge is -2.11. The van der Waals surface area contributed by atoms with E-state index in [4.69, 9.17) is 10.2 Å². The molecule has 2 atom stereocenters. The van der Waals surface area contributed by atoms with E-state index in [1.54, 1.807) is 29.9 Å². The molecule has 36 heavy (non-hydrogen) atoms. The van der Waals surface area contributed by atoms with Crippen LogP contribution in [-0.4, -0.2) is 46.2 Å². The Labute approximate surface area is 208 Å².